The molecule has 2 saturated carbocycles. The molecule has 7 heteroatoms. The minimum absolute atomic E-state index is 0.00282. The summed E-state index contributed by atoms with van der Waals surface area (Å²) in [5.74, 6) is -0.759. The number of ether oxygens (including phenoxy) is 1. The number of carbonyl (C=O) groups excluding carboxylic acids is 2. The molecule has 2 N–H and O–H groups in total. The molecule has 4 aliphatic rings. The Balaban J connectivity index is 1.05. The molecule has 2 aromatic rings. The molecule has 3 unspecified atom stereocenters. The number of benzene rings is 2. The number of hydrogen-bond acceptors (Lipinski definition) is 4. The first-order valence-electron chi connectivity index (χ1n) is 12.1. The van der Waals surface area contributed by atoms with E-state index >= 15 is 0 Å². The minimum atomic E-state index is -0.750. The molecule has 0 bridgehead atoms. The van der Waals surface area contributed by atoms with Crippen LogP contribution in [-0.4, -0.2) is 53.2 Å². The van der Waals surface area contributed by atoms with E-state index in [2.05, 4.69) is 29.6 Å². The first-order chi connectivity index (χ1) is 16.5. The molecule has 0 spiro atoms. The van der Waals surface area contributed by atoms with Crippen LogP contribution in [0, 0.1) is 17.8 Å². The lowest BCUT2D eigenvalue weighted by atomic mass is 9.98. The summed E-state index contributed by atoms with van der Waals surface area (Å²) >= 11 is 0. The maximum absolute atomic E-state index is 12.9. The fraction of sp³-hybridized carbons (Fsp3) is 0.444. The quantitative estimate of drug-likeness (QED) is 0.686. The number of fused-ring (bicyclic) bond motifs is 4. The Morgan fingerprint density at radius 2 is 1.65 bits per heavy atom. The van der Waals surface area contributed by atoms with Gasteiger partial charge in [0.2, 0.25) is 5.91 Å². The van der Waals surface area contributed by atoms with E-state index in [0.717, 1.165) is 30.4 Å². The summed E-state index contributed by atoms with van der Waals surface area (Å²) in [6.07, 6.45) is 2.01. The molecular weight excluding hydrogens is 432 g/mol. The van der Waals surface area contributed by atoms with Crippen LogP contribution in [0.15, 0.2) is 48.5 Å². The summed E-state index contributed by atoms with van der Waals surface area (Å²) < 4.78 is 5.67. The van der Waals surface area contributed by atoms with Crippen molar-refractivity contribution in [2.75, 3.05) is 19.7 Å². The second-order valence-corrected chi connectivity index (χ2v) is 10.2. The highest BCUT2D eigenvalue weighted by molar-refractivity contribution is 5.81. The fourth-order valence-electron chi connectivity index (χ4n) is 6.08. The van der Waals surface area contributed by atoms with Gasteiger partial charge in [-0.05, 0) is 53.4 Å². The molecule has 3 aliphatic carbocycles. The molecule has 3 atom stereocenters. The maximum atomic E-state index is 12.9. The first-order valence-corrected chi connectivity index (χ1v) is 12.1. The van der Waals surface area contributed by atoms with Gasteiger partial charge < -0.3 is 20.1 Å². The zero-order valence-corrected chi connectivity index (χ0v) is 18.9. The van der Waals surface area contributed by atoms with E-state index in [4.69, 9.17) is 4.74 Å². The Bertz CT molecular complexity index is 1130. The highest BCUT2D eigenvalue weighted by Gasteiger charge is 2.58. The van der Waals surface area contributed by atoms with Crippen molar-refractivity contribution < 1.29 is 24.2 Å². The average Bonchev–Trinajstić information content (AvgIpc) is 3.73. The molecule has 2 aromatic carbocycles. The Morgan fingerprint density at radius 3 is 2.26 bits per heavy atom. The van der Waals surface area contributed by atoms with E-state index in [-0.39, 0.29) is 42.6 Å². The van der Waals surface area contributed by atoms with Gasteiger partial charge in [-0.2, -0.15) is 0 Å². The summed E-state index contributed by atoms with van der Waals surface area (Å²) in [7, 11) is 0. The van der Waals surface area contributed by atoms with Gasteiger partial charge >= 0.3 is 12.1 Å². The molecule has 176 valence electrons. The van der Waals surface area contributed by atoms with Gasteiger partial charge in [-0.25, -0.2) is 4.79 Å². The molecule has 6 rings (SSSR count). The zero-order valence-electron chi connectivity index (χ0n) is 18.9. The summed E-state index contributed by atoms with van der Waals surface area (Å²) in [5, 5.41) is 12.2. The third kappa shape index (κ3) is 3.63. The van der Waals surface area contributed by atoms with E-state index < -0.39 is 17.6 Å². The monoisotopic (exact) mass is 460 g/mol. The van der Waals surface area contributed by atoms with Crippen LogP contribution >= 0.6 is 0 Å². The Labute approximate surface area is 198 Å². The first kappa shape index (κ1) is 21.2. The number of nitrogens with zero attached hydrogens (tertiary/aromatic N) is 1. The Hall–Kier alpha value is -3.35. The molecule has 3 fully saturated rings. The van der Waals surface area contributed by atoms with Gasteiger partial charge in [0.05, 0.1) is 17.9 Å². The number of rotatable bonds is 6. The van der Waals surface area contributed by atoms with Crippen molar-refractivity contribution in [3.8, 4) is 11.1 Å². The van der Waals surface area contributed by atoms with E-state index in [1.54, 1.807) is 4.90 Å². The molecular formula is C27H28N2O5. The summed E-state index contributed by atoms with van der Waals surface area (Å²) in [5.41, 5.74) is 4.15. The molecule has 0 radical (unpaired) electrons. The van der Waals surface area contributed by atoms with Gasteiger partial charge in [0.25, 0.3) is 0 Å². The van der Waals surface area contributed by atoms with E-state index in [1.165, 1.54) is 11.1 Å². The van der Waals surface area contributed by atoms with Crippen molar-refractivity contribution in [2.24, 2.45) is 17.8 Å². The van der Waals surface area contributed by atoms with Crippen molar-refractivity contribution in [2.45, 2.75) is 37.1 Å². The minimum Gasteiger partial charge on any atom is -0.481 e. The molecule has 1 heterocycles. The van der Waals surface area contributed by atoms with Gasteiger partial charge in [-0.1, -0.05) is 48.5 Å². The number of carbonyl (C=O) groups is 3. The van der Waals surface area contributed by atoms with E-state index in [0.29, 0.717) is 13.1 Å². The maximum Gasteiger partial charge on any atom is 0.407 e. The van der Waals surface area contributed by atoms with Crippen LogP contribution in [0.4, 0.5) is 4.79 Å². The van der Waals surface area contributed by atoms with Crippen molar-refractivity contribution in [1.82, 2.24) is 10.2 Å². The number of likely N-dealkylation sites (tertiary alicyclic amines) is 1. The number of nitrogens with one attached hydrogen (secondary N) is 1. The van der Waals surface area contributed by atoms with Crippen molar-refractivity contribution in [3.05, 3.63) is 59.7 Å². The summed E-state index contributed by atoms with van der Waals surface area (Å²) in [4.78, 5) is 38.7. The standard InChI is InChI=1S/C27H28N2O5/c30-23(29-12-9-20-21(14-29)24(20)25(31)32)13-27(10-11-27)28-26(33)34-15-22-18-7-3-1-5-16(18)17-6-2-4-8-19(17)22/h1-8,20-22,24H,9-15H2,(H,28,33)(H,31,32). The SMILES string of the molecule is O=C(NC1(CC(=O)N2CCC3C(C2)C3C(=O)O)CC1)OCC1c2ccccc2-c2ccccc21. The summed E-state index contributed by atoms with van der Waals surface area (Å²) in [6.45, 7) is 1.36. The van der Waals surface area contributed by atoms with Crippen LogP contribution < -0.4 is 5.32 Å². The van der Waals surface area contributed by atoms with Crippen molar-refractivity contribution in [1.29, 1.82) is 0 Å². The zero-order chi connectivity index (χ0) is 23.4. The Kier molecular flexibility index (Phi) is 4.90. The van der Waals surface area contributed by atoms with Crippen molar-refractivity contribution in [3.63, 3.8) is 0 Å². The van der Waals surface area contributed by atoms with E-state index in [1.807, 2.05) is 24.3 Å². The third-order valence-corrected chi connectivity index (χ3v) is 8.19. The molecule has 2 amide bonds. The molecule has 7 nitrogen and oxygen atoms in total. The number of alkyl carbamates (subject to hydrolysis) is 1. The molecule has 1 aliphatic heterocycles. The molecule has 1 saturated heterocycles. The second-order valence-electron chi connectivity index (χ2n) is 10.2. The molecule has 34 heavy (non-hydrogen) atoms. The van der Waals surface area contributed by atoms with Gasteiger partial charge in [0.15, 0.2) is 0 Å². The highest BCUT2D eigenvalue weighted by atomic mass is 16.5. The van der Waals surface area contributed by atoms with Crippen LogP contribution in [-0.2, 0) is 14.3 Å². The predicted molar refractivity (Wildman–Crippen MR) is 124 cm³/mol. The van der Waals surface area contributed by atoms with Crippen LogP contribution in [0.3, 0.4) is 0 Å². The largest absolute Gasteiger partial charge is 0.481 e. The third-order valence-electron chi connectivity index (χ3n) is 8.19. The lowest BCUT2D eigenvalue weighted by molar-refractivity contribution is -0.139. The highest BCUT2D eigenvalue weighted by Crippen LogP contribution is 2.52. The molecule has 0 aromatic heterocycles. The van der Waals surface area contributed by atoms with Gasteiger partial charge in [0, 0.05) is 19.0 Å². The number of carboxylic acids is 1. The number of amides is 2. The van der Waals surface area contributed by atoms with Gasteiger partial charge in [-0.15, -0.1) is 0 Å². The van der Waals surface area contributed by atoms with Crippen LogP contribution in [0.5, 0.6) is 0 Å². The Morgan fingerprint density at radius 1 is 1.00 bits per heavy atom. The average molecular weight is 461 g/mol. The van der Waals surface area contributed by atoms with Crippen LogP contribution in [0.25, 0.3) is 11.1 Å². The van der Waals surface area contributed by atoms with Crippen molar-refractivity contribution >= 4 is 18.0 Å². The lowest BCUT2D eigenvalue weighted by Crippen LogP contribution is -2.44. The van der Waals surface area contributed by atoms with Gasteiger partial charge in [-0.3, -0.25) is 9.59 Å². The van der Waals surface area contributed by atoms with Gasteiger partial charge in [0.1, 0.15) is 6.61 Å². The number of aliphatic carboxylic acids is 1. The number of carboxylic acid groups (broad SMARTS) is 1. The summed E-state index contributed by atoms with van der Waals surface area (Å²) in [6, 6.07) is 16.4. The fourth-order valence-corrected chi connectivity index (χ4v) is 6.08. The topological polar surface area (TPSA) is 95.9 Å². The second kappa shape index (κ2) is 7.86. The predicted octanol–water partition coefficient (Wildman–Crippen LogP) is 3.63. The normalized spacial score (nSPS) is 25.5. The van der Waals surface area contributed by atoms with Crippen LogP contribution in [0.2, 0.25) is 0 Å². The van der Waals surface area contributed by atoms with Crippen LogP contribution in [0.1, 0.15) is 42.7 Å². The number of hydrogen-bond donors (Lipinski definition) is 2. The lowest BCUT2D eigenvalue weighted by Gasteiger charge is -2.28. The number of piperidine rings is 1. The van der Waals surface area contributed by atoms with E-state index in [9.17, 15) is 19.5 Å². The smallest absolute Gasteiger partial charge is 0.407 e.